The van der Waals surface area contributed by atoms with Gasteiger partial charge in [0, 0.05) is 22.2 Å². The Balaban J connectivity index is 0.967. The van der Waals surface area contributed by atoms with Gasteiger partial charge in [-0.1, -0.05) is 220 Å². The molecule has 1 heterocycles. The van der Waals surface area contributed by atoms with E-state index in [1.807, 2.05) is 0 Å². The van der Waals surface area contributed by atoms with Gasteiger partial charge in [-0.3, -0.25) is 0 Å². The fourth-order valence-electron chi connectivity index (χ4n) is 13.9. The lowest BCUT2D eigenvalue weighted by atomic mass is 9.69. The molecule has 0 fully saturated rings. The third kappa shape index (κ3) is 5.93. The molecule has 356 valence electrons. The maximum Gasteiger partial charge on any atom is 0.137 e. The van der Waals surface area contributed by atoms with Gasteiger partial charge in [-0.05, 0) is 166 Å². The number of para-hydroxylation sites is 1. The molecule has 3 aliphatic carbocycles. The molecular formula is C74H49NO. The van der Waals surface area contributed by atoms with Crippen molar-refractivity contribution in [2.75, 3.05) is 4.90 Å². The number of hydrogen-bond donors (Lipinski definition) is 0. The van der Waals surface area contributed by atoms with Crippen molar-refractivity contribution < 1.29 is 4.42 Å². The fourth-order valence-corrected chi connectivity index (χ4v) is 13.9. The van der Waals surface area contributed by atoms with E-state index in [0.29, 0.717) is 0 Å². The van der Waals surface area contributed by atoms with Crippen molar-refractivity contribution in [1.82, 2.24) is 0 Å². The number of rotatable bonds is 6. The van der Waals surface area contributed by atoms with Crippen LogP contribution in [0.5, 0.6) is 0 Å². The molecular weight excluding hydrogens is 919 g/mol. The molecule has 1 atom stereocenters. The molecule has 13 aromatic rings. The molecule has 0 amide bonds. The molecule has 0 saturated heterocycles. The van der Waals surface area contributed by atoms with Crippen LogP contribution >= 0.6 is 0 Å². The Kier molecular flexibility index (Phi) is 9.04. The Morgan fingerprint density at radius 3 is 1.71 bits per heavy atom. The van der Waals surface area contributed by atoms with E-state index in [0.717, 1.165) is 50.1 Å². The molecule has 0 N–H and O–H groups in total. The third-order valence-electron chi connectivity index (χ3n) is 17.3. The molecule has 1 spiro atoms. The highest BCUT2D eigenvalue weighted by atomic mass is 16.3. The van der Waals surface area contributed by atoms with Crippen molar-refractivity contribution in [2.24, 2.45) is 0 Å². The van der Waals surface area contributed by atoms with Crippen molar-refractivity contribution >= 4 is 49.8 Å². The molecule has 16 rings (SSSR count). The summed E-state index contributed by atoms with van der Waals surface area (Å²) in [6, 6.07) is 97.2. The fraction of sp³-hybridized carbons (Fsp3) is 0.0541. The zero-order valence-electron chi connectivity index (χ0n) is 42.2. The van der Waals surface area contributed by atoms with E-state index in [4.69, 9.17) is 4.42 Å². The van der Waals surface area contributed by atoms with E-state index in [-0.39, 0.29) is 5.41 Å². The summed E-state index contributed by atoms with van der Waals surface area (Å²) in [7, 11) is 0. The van der Waals surface area contributed by atoms with Gasteiger partial charge in [0.2, 0.25) is 0 Å². The SMILES string of the molecule is CC1(C)c2ccccc2-c2c1ccc1c2-c2ccccc2C12c1ccccc1-c1ccc(-c3cc(-c4cccc5ccccc45)cc(N(c4ccc(-c5ccccc5)cc4)c4cccc5oc6ccccc6c45)c3)cc12. The summed E-state index contributed by atoms with van der Waals surface area (Å²) in [6.07, 6.45) is 0. The molecule has 0 radical (unpaired) electrons. The first-order chi connectivity index (χ1) is 37.4. The zero-order chi connectivity index (χ0) is 50.3. The molecule has 0 aliphatic heterocycles. The predicted octanol–water partition coefficient (Wildman–Crippen LogP) is 19.9. The van der Waals surface area contributed by atoms with Crippen molar-refractivity contribution in [3.05, 3.63) is 294 Å². The van der Waals surface area contributed by atoms with Gasteiger partial charge in [0.15, 0.2) is 0 Å². The monoisotopic (exact) mass is 967 g/mol. The minimum atomic E-state index is -0.537. The lowest BCUT2D eigenvalue weighted by Gasteiger charge is -2.31. The Labute approximate surface area is 442 Å². The summed E-state index contributed by atoms with van der Waals surface area (Å²) in [4.78, 5) is 2.45. The van der Waals surface area contributed by atoms with Gasteiger partial charge in [-0.25, -0.2) is 0 Å². The quantitative estimate of drug-likeness (QED) is 0.165. The average molecular weight is 968 g/mol. The largest absolute Gasteiger partial charge is 0.456 e. The van der Waals surface area contributed by atoms with Gasteiger partial charge in [-0.2, -0.15) is 0 Å². The van der Waals surface area contributed by atoms with Crippen LogP contribution in [-0.4, -0.2) is 0 Å². The van der Waals surface area contributed by atoms with Crippen molar-refractivity contribution in [3.8, 4) is 66.8 Å². The second-order valence-corrected chi connectivity index (χ2v) is 21.5. The van der Waals surface area contributed by atoms with Crippen LogP contribution in [0.15, 0.2) is 265 Å². The predicted molar refractivity (Wildman–Crippen MR) is 316 cm³/mol. The first kappa shape index (κ1) is 43.0. The summed E-state index contributed by atoms with van der Waals surface area (Å²) in [6.45, 7) is 4.79. The number of fused-ring (bicyclic) bond motifs is 18. The molecule has 3 aliphatic rings. The van der Waals surface area contributed by atoms with E-state index in [1.54, 1.807) is 0 Å². The highest BCUT2D eigenvalue weighted by Gasteiger charge is 2.53. The molecule has 1 unspecified atom stereocenters. The highest BCUT2D eigenvalue weighted by molar-refractivity contribution is 6.14. The van der Waals surface area contributed by atoms with E-state index < -0.39 is 5.41 Å². The van der Waals surface area contributed by atoms with E-state index in [9.17, 15) is 0 Å². The highest BCUT2D eigenvalue weighted by Crippen LogP contribution is 2.66. The van der Waals surface area contributed by atoms with Crippen LogP contribution in [0.4, 0.5) is 17.1 Å². The number of furan rings is 1. The first-order valence-electron chi connectivity index (χ1n) is 26.6. The van der Waals surface area contributed by atoms with Gasteiger partial charge >= 0.3 is 0 Å². The Morgan fingerprint density at radius 2 is 0.882 bits per heavy atom. The topological polar surface area (TPSA) is 16.4 Å². The Hall–Kier alpha value is -9.50. The molecule has 0 saturated carbocycles. The van der Waals surface area contributed by atoms with Crippen molar-refractivity contribution in [1.29, 1.82) is 0 Å². The maximum atomic E-state index is 6.62. The van der Waals surface area contributed by atoms with Gasteiger partial charge in [0.1, 0.15) is 11.2 Å². The van der Waals surface area contributed by atoms with Crippen LogP contribution in [0, 0.1) is 0 Å². The number of benzene rings is 12. The van der Waals surface area contributed by atoms with E-state index in [1.165, 1.54) is 99.8 Å². The Morgan fingerprint density at radius 1 is 0.316 bits per heavy atom. The number of nitrogens with zero attached hydrogens (tertiary/aromatic N) is 1. The van der Waals surface area contributed by atoms with Crippen LogP contribution in [0.2, 0.25) is 0 Å². The van der Waals surface area contributed by atoms with Gasteiger partial charge in [0.05, 0.1) is 16.5 Å². The maximum absolute atomic E-state index is 6.62. The molecule has 12 aromatic carbocycles. The van der Waals surface area contributed by atoms with Crippen LogP contribution in [0.1, 0.15) is 47.2 Å². The van der Waals surface area contributed by atoms with Crippen LogP contribution in [-0.2, 0) is 10.8 Å². The molecule has 2 heteroatoms. The van der Waals surface area contributed by atoms with E-state index >= 15 is 0 Å². The van der Waals surface area contributed by atoms with Crippen LogP contribution in [0.3, 0.4) is 0 Å². The normalized spacial score (nSPS) is 15.1. The first-order valence-corrected chi connectivity index (χ1v) is 26.6. The van der Waals surface area contributed by atoms with Gasteiger partial charge in [-0.15, -0.1) is 0 Å². The summed E-state index contributed by atoms with van der Waals surface area (Å²) in [5.41, 5.74) is 27.4. The number of anilines is 3. The number of hydrogen-bond acceptors (Lipinski definition) is 2. The second kappa shape index (κ2) is 16.0. The molecule has 76 heavy (non-hydrogen) atoms. The average Bonchev–Trinajstić information content (AvgIpc) is 4.33. The lowest BCUT2D eigenvalue weighted by molar-refractivity contribution is 0.660. The van der Waals surface area contributed by atoms with Crippen LogP contribution < -0.4 is 4.90 Å². The third-order valence-corrected chi connectivity index (χ3v) is 17.3. The van der Waals surface area contributed by atoms with Crippen molar-refractivity contribution in [2.45, 2.75) is 24.7 Å². The van der Waals surface area contributed by atoms with Crippen molar-refractivity contribution in [3.63, 3.8) is 0 Å². The summed E-state index contributed by atoms with van der Waals surface area (Å²) < 4.78 is 6.62. The molecule has 1 aromatic heterocycles. The van der Waals surface area contributed by atoms with Crippen LogP contribution in [0.25, 0.3) is 99.5 Å². The minimum Gasteiger partial charge on any atom is -0.456 e. The summed E-state index contributed by atoms with van der Waals surface area (Å²) >= 11 is 0. The van der Waals surface area contributed by atoms with E-state index in [2.05, 4.69) is 280 Å². The lowest BCUT2D eigenvalue weighted by Crippen LogP contribution is -2.26. The standard InChI is InChI=1S/C74H49NO/c1-73(2)61-28-12-9-24-58(61)70-64(73)40-41-65-71(70)59-25-10-14-30-63(59)74(65)62-29-13-8-23-56(62)57-39-36-49(45-66(57)74)50-42-51(55-27-16-21-48-20-6-7-22-54(48)55)44-53(43-50)75(52-37-34-47(35-38-52)46-18-4-3-5-19-46)67-31-17-33-69-72(67)60-26-11-15-32-68(60)76-69/h3-45H,1-2H3. The zero-order valence-corrected chi connectivity index (χ0v) is 42.2. The minimum absolute atomic E-state index is 0.120. The Bertz CT molecular complexity index is 4550. The molecule has 0 bridgehead atoms. The summed E-state index contributed by atoms with van der Waals surface area (Å²) in [5, 5.41) is 4.59. The second-order valence-electron chi connectivity index (χ2n) is 21.5. The van der Waals surface area contributed by atoms with Gasteiger partial charge < -0.3 is 9.32 Å². The smallest absolute Gasteiger partial charge is 0.137 e. The summed E-state index contributed by atoms with van der Waals surface area (Å²) in [5.74, 6) is 0. The van der Waals surface area contributed by atoms with Gasteiger partial charge in [0.25, 0.3) is 0 Å². The molecule has 2 nitrogen and oxygen atoms in total.